The van der Waals surface area contributed by atoms with Crippen molar-refractivity contribution in [1.82, 2.24) is 19.4 Å². The zero-order chi connectivity index (χ0) is 22.7. The standard InChI is InChI=1S/C24H30N6O2/c1-4-16-8-5-6-11-19(16)30(2,3)20-15-27-21(22(25)31)23(29-20)28-18-10-7-9-17(14-18)24-26-12-13-32-24/h7,9-10,12-16,19H,4-6,8,11H2,1-3H3,(H2-,25,28,29,31)/p+1. The van der Waals surface area contributed by atoms with Crippen LogP contribution in [0.15, 0.2) is 47.3 Å². The Kier molecular flexibility index (Phi) is 6.23. The molecular weight excluding hydrogens is 404 g/mol. The van der Waals surface area contributed by atoms with Crippen LogP contribution in [-0.2, 0) is 0 Å². The second-order valence-electron chi connectivity index (χ2n) is 8.89. The molecule has 0 aliphatic heterocycles. The van der Waals surface area contributed by atoms with E-state index in [1.165, 1.54) is 25.5 Å². The number of benzene rings is 1. The number of hydrogen-bond acceptors (Lipinski definition) is 6. The first-order valence-corrected chi connectivity index (χ1v) is 11.2. The number of anilines is 2. The number of quaternary nitrogens is 1. The summed E-state index contributed by atoms with van der Waals surface area (Å²) in [5.74, 6) is 1.71. The second-order valence-corrected chi connectivity index (χ2v) is 8.89. The molecular formula is C24H31N6O2+. The molecule has 3 aromatic rings. The summed E-state index contributed by atoms with van der Waals surface area (Å²) in [4.78, 5) is 25.5. The van der Waals surface area contributed by atoms with Crippen molar-refractivity contribution < 1.29 is 9.21 Å². The molecule has 0 saturated heterocycles. The molecule has 3 N–H and O–H groups in total. The maximum Gasteiger partial charge on any atom is 0.271 e. The lowest BCUT2D eigenvalue weighted by Gasteiger charge is -2.43. The summed E-state index contributed by atoms with van der Waals surface area (Å²) < 4.78 is 6.02. The molecule has 2 unspecified atom stereocenters. The number of hydrogen-bond donors (Lipinski definition) is 2. The van der Waals surface area contributed by atoms with Crippen molar-refractivity contribution in [1.29, 1.82) is 0 Å². The van der Waals surface area contributed by atoms with Crippen molar-refractivity contribution in [2.75, 3.05) is 19.4 Å². The molecule has 4 rings (SSSR count). The Morgan fingerprint density at radius 2 is 2.06 bits per heavy atom. The van der Waals surface area contributed by atoms with Gasteiger partial charge in [-0.1, -0.05) is 19.4 Å². The van der Waals surface area contributed by atoms with Crippen molar-refractivity contribution in [3.63, 3.8) is 0 Å². The van der Waals surface area contributed by atoms with Gasteiger partial charge in [-0.2, -0.15) is 4.98 Å². The number of rotatable bonds is 7. The Hall–Kier alpha value is -3.26. The van der Waals surface area contributed by atoms with E-state index in [1.54, 1.807) is 12.4 Å². The van der Waals surface area contributed by atoms with Crippen LogP contribution in [-0.4, -0.2) is 41.0 Å². The van der Waals surface area contributed by atoms with E-state index in [0.717, 1.165) is 29.9 Å². The van der Waals surface area contributed by atoms with Gasteiger partial charge in [0.1, 0.15) is 12.5 Å². The number of aromatic nitrogens is 3. The largest absolute Gasteiger partial charge is 0.445 e. The molecule has 8 heteroatoms. The Morgan fingerprint density at radius 1 is 1.25 bits per heavy atom. The fourth-order valence-corrected chi connectivity index (χ4v) is 4.84. The average molecular weight is 436 g/mol. The van der Waals surface area contributed by atoms with E-state index in [1.807, 2.05) is 24.3 Å². The van der Waals surface area contributed by atoms with E-state index in [2.05, 4.69) is 36.3 Å². The molecule has 1 aliphatic rings. The summed E-state index contributed by atoms with van der Waals surface area (Å²) in [5, 5.41) is 3.24. The van der Waals surface area contributed by atoms with Crippen molar-refractivity contribution in [3.8, 4) is 11.5 Å². The highest BCUT2D eigenvalue weighted by molar-refractivity contribution is 5.96. The first kappa shape index (κ1) is 22.0. The molecule has 0 radical (unpaired) electrons. The van der Waals surface area contributed by atoms with Crippen LogP contribution in [0.2, 0.25) is 0 Å². The molecule has 1 aromatic carbocycles. The topological polar surface area (TPSA) is 107 Å². The van der Waals surface area contributed by atoms with E-state index in [0.29, 0.717) is 28.2 Å². The number of nitrogens with one attached hydrogen (secondary N) is 1. The molecule has 2 heterocycles. The van der Waals surface area contributed by atoms with Crippen LogP contribution in [0, 0.1) is 5.92 Å². The van der Waals surface area contributed by atoms with Crippen molar-refractivity contribution in [3.05, 3.63) is 48.6 Å². The van der Waals surface area contributed by atoms with Gasteiger partial charge in [0.05, 0.1) is 26.3 Å². The Labute approximate surface area is 188 Å². The zero-order valence-corrected chi connectivity index (χ0v) is 18.9. The third kappa shape index (κ3) is 4.36. The molecule has 168 valence electrons. The van der Waals surface area contributed by atoms with Gasteiger partial charge in [-0.05, 0) is 37.5 Å². The molecule has 1 amide bonds. The number of carbonyl (C=O) groups excluding carboxylic acids is 1. The van der Waals surface area contributed by atoms with Gasteiger partial charge in [0.2, 0.25) is 11.7 Å². The van der Waals surface area contributed by atoms with E-state index in [9.17, 15) is 4.79 Å². The predicted molar refractivity (Wildman–Crippen MR) is 125 cm³/mol. The Morgan fingerprint density at radius 3 is 2.78 bits per heavy atom. The lowest BCUT2D eigenvalue weighted by molar-refractivity contribution is 0.0995. The number of amides is 1. The third-order valence-electron chi connectivity index (χ3n) is 6.61. The van der Waals surface area contributed by atoms with Gasteiger partial charge in [-0.3, -0.25) is 9.28 Å². The van der Waals surface area contributed by atoms with Crippen LogP contribution in [0.5, 0.6) is 0 Å². The number of nitrogens with zero attached hydrogens (tertiary/aromatic N) is 4. The quantitative estimate of drug-likeness (QED) is 0.529. The van der Waals surface area contributed by atoms with Gasteiger partial charge in [-0.15, -0.1) is 0 Å². The number of oxazole rings is 1. The zero-order valence-electron chi connectivity index (χ0n) is 18.9. The predicted octanol–water partition coefficient (Wildman–Crippen LogP) is 4.51. The van der Waals surface area contributed by atoms with Crippen LogP contribution in [0.25, 0.3) is 11.5 Å². The van der Waals surface area contributed by atoms with Gasteiger partial charge in [0.25, 0.3) is 5.91 Å². The van der Waals surface area contributed by atoms with Gasteiger partial charge in [-0.25, -0.2) is 9.97 Å². The second kappa shape index (κ2) is 9.08. The van der Waals surface area contributed by atoms with Crippen LogP contribution in [0.1, 0.15) is 49.5 Å². The van der Waals surface area contributed by atoms with Crippen LogP contribution in [0.4, 0.5) is 17.3 Å². The highest BCUT2D eigenvalue weighted by Crippen LogP contribution is 2.36. The maximum absolute atomic E-state index is 12.1. The Bertz CT molecular complexity index is 1080. The first-order valence-electron chi connectivity index (χ1n) is 11.2. The SMILES string of the molecule is CCC1CCCCC1[N+](C)(C)c1cnc(C(N)=O)c(Nc2cccc(-c3ncco3)c2)n1. The number of primary amides is 1. The minimum atomic E-state index is -0.621. The molecule has 8 nitrogen and oxygen atoms in total. The molecule has 32 heavy (non-hydrogen) atoms. The third-order valence-corrected chi connectivity index (χ3v) is 6.61. The monoisotopic (exact) mass is 435 g/mol. The van der Waals surface area contributed by atoms with Crippen LogP contribution < -0.4 is 15.5 Å². The van der Waals surface area contributed by atoms with Gasteiger partial charge in [0.15, 0.2) is 11.5 Å². The summed E-state index contributed by atoms with van der Waals surface area (Å²) in [6, 6.07) is 8.03. The summed E-state index contributed by atoms with van der Waals surface area (Å²) in [6.45, 7) is 2.26. The fourth-order valence-electron chi connectivity index (χ4n) is 4.84. The summed E-state index contributed by atoms with van der Waals surface area (Å²) in [6.07, 6.45) is 10.9. The van der Waals surface area contributed by atoms with Gasteiger partial charge >= 0.3 is 0 Å². The van der Waals surface area contributed by atoms with Gasteiger partial charge < -0.3 is 15.5 Å². The summed E-state index contributed by atoms with van der Waals surface area (Å²) >= 11 is 0. The maximum atomic E-state index is 12.1. The molecule has 1 saturated carbocycles. The minimum absolute atomic E-state index is 0.117. The van der Waals surface area contributed by atoms with E-state index < -0.39 is 5.91 Å². The molecule has 1 fully saturated rings. The molecule has 2 atom stereocenters. The highest BCUT2D eigenvalue weighted by Gasteiger charge is 2.39. The smallest absolute Gasteiger partial charge is 0.271 e. The molecule has 0 spiro atoms. The van der Waals surface area contributed by atoms with Crippen molar-refractivity contribution >= 4 is 23.2 Å². The molecule has 1 aliphatic carbocycles. The van der Waals surface area contributed by atoms with Gasteiger partial charge in [0, 0.05) is 23.6 Å². The lowest BCUT2D eigenvalue weighted by Crippen LogP contribution is -2.55. The van der Waals surface area contributed by atoms with Crippen molar-refractivity contribution in [2.45, 2.75) is 45.1 Å². The first-order chi connectivity index (χ1) is 15.4. The van der Waals surface area contributed by atoms with E-state index in [-0.39, 0.29) is 5.69 Å². The lowest BCUT2D eigenvalue weighted by atomic mass is 9.81. The normalized spacial score (nSPS) is 19.0. The fraction of sp³-hybridized carbons (Fsp3) is 0.417. The van der Waals surface area contributed by atoms with Crippen LogP contribution in [0.3, 0.4) is 0 Å². The highest BCUT2D eigenvalue weighted by atomic mass is 16.3. The summed E-state index contributed by atoms with van der Waals surface area (Å²) in [7, 11) is 4.36. The van der Waals surface area contributed by atoms with Crippen molar-refractivity contribution in [2.24, 2.45) is 11.7 Å². The van der Waals surface area contributed by atoms with E-state index >= 15 is 0 Å². The number of carbonyl (C=O) groups is 1. The molecule has 0 bridgehead atoms. The minimum Gasteiger partial charge on any atom is -0.445 e. The Balaban J connectivity index is 1.68. The number of nitrogens with two attached hydrogens (primary N) is 1. The van der Waals surface area contributed by atoms with E-state index in [4.69, 9.17) is 15.1 Å². The summed E-state index contributed by atoms with van der Waals surface area (Å²) in [5.41, 5.74) is 7.28. The van der Waals surface area contributed by atoms with Crippen LogP contribution >= 0.6 is 0 Å². The molecule has 2 aromatic heterocycles. The average Bonchev–Trinajstić information content (AvgIpc) is 3.34.